The number of nitrogens with zero attached hydrogens (tertiary/aromatic N) is 3. The topological polar surface area (TPSA) is 55.0 Å². The van der Waals surface area contributed by atoms with Crippen LogP contribution >= 0.6 is 34.9 Å². The van der Waals surface area contributed by atoms with E-state index >= 15 is 0 Å². The summed E-state index contributed by atoms with van der Waals surface area (Å²) in [5.74, 6) is 0. The summed E-state index contributed by atoms with van der Waals surface area (Å²) < 4.78 is 8.61. The van der Waals surface area contributed by atoms with Crippen LogP contribution in [-0.2, 0) is 13.1 Å². The summed E-state index contributed by atoms with van der Waals surface area (Å²) in [5, 5.41) is 1.13. The van der Waals surface area contributed by atoms with Crippen molar-refractivity contribution in [3.05, 3.63) is 45.4 Å². The van der Waals surface area contributed by atoms with Crippen molar-refractivity contribution in [2.24, 2.45) is 0 Å². The molecule has 2 heterocycles. The molecule has 1 aromatic heterocycles. The standard InChI is InChI=1S/C14H10Cl2N4S/c15-10-4-11(16)14(13-12(10)18-21-19-13)20-5-7-1-2-9(17)3-8(7)6-20/h1-4H,5-6,17H2. The van der Waals surface area contributed by atoms with Gasteiger partial charge in [-0.2, -0.15) is 8.75 Å². The average molecular weight is 337 g/mol. The number of hydrogen-bond acceptors (Lipinski definition) is 5. The Morgan fingerprint density at radius 2 is 1.76 bits per heavy atom. The molecule has 0 fully saturated rings. The maximum Gasteiger partial charge on any atom is 0.131 e. The van der Waals surface area contributed by atoms with Crippen LogP contribution in [0.15, 0.2) is 24.3 Å². The molecule has 1 aliphatic rings. The van der Waals surface area contributed by atoms with Crippen molar-refractivity contribution in [3.63, 3.8) is 0 Å². The molecule has 0 radical (unpaired) electrons. The van der Waals surface area contributed by atoms with E-state index in [-0.39, 0.29) is 0 Å². The van der Waals surface area contributed by atoms with E-state index in [1.165, 1.54) is 11.1 Å². The molecule has 3 aromatic rings. The summed E-state index contributed by atoms with van der Waals surface area (Å²) in [6.07, 6.45) is 0. The van der Waals surface area contributed by atoms with Crippen LogP contribution in [0.2, 0.25) is 10.0 Å². The second kappa shape index (κ2) is 4.73. The number of halogens is 2. The van der Waals surface area contributed by atoms with Gasteiger partial charge in [0.2, 0.25) is 0 Å². The Balaban J connectivity index is 1.84. The van der Waals surface area contributed by atoms with E-state index in [0.29, 0.717) is 15.6 Å². The third-order valence-electron chi connectivity index (χ3n) is 3.69. The first kappa shape index (κ1) is 13.1. The number of nitrogen functional groups attached to an aromatic ring is 1. The number of aromatic nitrogens is 2. The Morgan fingerprint density at radius 1 is 1.00 bits per heavy atom. The van der Waals surface area contributed by atoms with Crippen molar-refractivity contribution in [1.82, 2.24) is 8.75 Å². The van der Waals surface area contributed by atoms with Crippen LogP contribution in [0.5, 0.6) is 0 Å². The smallest absolute Gasteiger partial charge is 0.131 e. The van der Waals surface area contributed by atoms with Crippen LogP contribution in [0.25, 0.3) is 11.0 Å². The third kappa shape index (κ3) is 2.04. The Hall–Kier alpha value is -1.56. The van der Waals surface area contributed by atoms with Gasteiger partial charge in [-0.1, -0.05) is 29.3 Å². The Labute approximate surface area is 135 Å². The molecule has 1 aliphatic heterocycles. The normalized spacial score (nSPS) is 13.9. The molecule has 0 amide bonds. The van der Waals surface area contributed by atoms with Gasteiger partial charge in [0.15, 0.2) is 0 Å². The molecule has 7 heteroatoms. The lowest BCUT2D eigenvalue weighted by atomic mass is 10.1. The van der Waals surface area contributed by atoms with Gasteiger partial charge in [-0.15, -0.1) is 0 Å². The zero-order valence-electron chi connectivity index (χ0n) is 10.8. The van der Waals surface area contributed by atoms with Gasteiger partial charge >= 0.3 is 0 Å². The number of benzene rings is 2. The van der Waals surface area contributed by atoms with Crippen molar-refractivity contribution >= 4 is 57.3 Å². The first-order chi connectivity index (χ1) is 10.1. The van der Waals surface area contributed by atoms with Crippen LogP contribution < -0.4 is 10.6 Å². The minimum Gasteiger partial charge on any atom is -0.399 e. The number of fused-ring (bicyclic) bond motifs is 2. The van der Waals surface area contributed by atoms with Crippen LogP contribution in [0.4, 0.5) is 11.4 Å². The summed E-state index contributed by atoms with van der Waals surface area (Å²) in [7, 11) is 0. The summed E-state index contributed by atoms with van der Waals surface area (Å²) in [6.45, 7) is 1.54. The van der Waals surface area contributed by atoms with Gasteiger partial charge in [0.1, 0.15) is 11.0 Å². The summed E-state index contributed by atoms with van der Waals surface area (Å²) in [5.41, 5.74) is 11.5. The maximum atomic E-state index is 6.41. The molecule has 106 valence electrons. The highest BCUT2D eigenvalue weighted by molar-refractivity contribution is 7.00. The molecule has 0 saturated carbocycles. The predicted octanol–water partition coefficient (Wildman–Crippen LogP) is 4.10. The minimum atomic E-state index is 0.536. The number of anilines is 2. The van der Waals surface area contributed by atoms with Crippen LogP contribution in [0, 0.1) is 0 Å². The average Bonchev–Trinajstić information content (AvgIpc) is 3.04. The number of rotatable bonds is 1. The van der Waals surface area contributed by atoms with Crippen LogP contribution in [0.3, 0.4) is 0 Å². The lowest BCUT2D eigenvalue weighted by molar-refractivity contribution is 0.884. The van der Waals surface area contributed by atoms with Gasteiger partial charge in [0, 0.05) is 18.8 Å². The third-order valence-corrected chi connectivity index (χ3v) is 4.79. The van der Waals surface area contributed by atoms with Crippen molar-refractivity contribution in [2.75, 3.05) is 10.6 Å². The van der Waals surface area contributed by atoms with E-state index in [2.05, 4.69) is 19.7 Å². The second-order valence-corrected chi connectivity index (χ2v) is 6.38. The lowest BCUT2D eigenvalue weighted by Gasteiger charge is -2.19. The highest BCUT2D eigenvalue weighted by atomic mass is 35.5. The fraction of sp³-hybridized carbons (Fsp3) is 0.143. The first-order valence-electron chi connectivity index (χ1n) is 6.36. The monoisotopic (exact) mass is 336 g/mol. The molecule has 0 aliphatic carbocycles. The highest BCUT2D eigenvalue weighted by Gasteiger charge is 2.25. The maximum absolute atomic E-state index is 6.41. The van der Waals surface area contributed by atoms with Gasteiger partial charge in [-0.3, -0.25) is 0 Å². The van der Waals surface area contributed by atoms with E-state index in [1.807, 2.05) is 12.1 Å². The number of nitrogens with two attached hydrogens (primary N) is 1. The van der Waals surface area contributed by atoms with Gasteiger partial charge in [0.05, 0.1) is 27.5 Å². The summed E-state index contributed by atoms with van der Waals surface area (Å²) in [4.78, 5) is 2.19. The van der Waals surface area contributed by atoms with E-state index < -0.39 is 0 Å². The highest BCUT2D eigenvalue weighted by Crippen LogP contribution is 2.41. The molecule has 0 saturated heterocycles. The van der Waals surface area contributed by atoms with Gasteiger partial charge in [0.25, 0.3) is 0 Å². The van der Waals surface area contributed by atoms with Gasteiger partial charge in [-0.05, 0) is 29.3 Å². The van der Waals surface area contributed by atoms with E-state index in [1.54, 1.807) is 6.07 Å². The van der Waals surface area contributed by atoms with Crippen molar-refractivity contribution < 1.29 is 0 Å². The van der Waals surface area contributed by atoms with E-state index in [4.69, 9.17) is 28.9 Å². The zero-order valence-corrected chi connectivity index (χ0v) is 13.1. The molecule has 4 rings (SSSR count). The second-order valence-electron chi connectivity index (χ2n) is 5.03. The van der Waals surface area contributed by atoms with Gasteiger partial charge in [-0.25, -0.2) is 0 Å². The Bertz CT molecular complexity index is 862. The number of hydrogen-bond donors (Lipinski definition) is 1. The van der Waals surface area contributed by atoms with E-state index in [9.17, 15) is 0 Å². The summed E-state index contributed by atoms with van der Waals surface area (Å²) in [6, 6.07) is 7.73. The molecule has 4 nitrogen and oxygen atoms in total. The van der Waals surface area contributed by atoms with Crippen molar-refractivity contribution in [3.8, 4) is 0 Å². The van der Waals surface area contributed by atoms with Crippen LogP contribution in [-0.4, -0.2) is 8.75 Å². The van der Waals surface area contributed by atoms with Crippen molar-refractivity contribution in [2.45, 2.75) is 13.1 Å². The molecule has 0 bridgehead atoms. The Morgan fingerprint density at radius 3 is 2.62 bits per heavy atom. The van der Waals surface area contributed by atoms with Crippen LogP contribution in [0.1, 0.15) is 11.1 Å². The van der Waals surface area contributed by atoms with Gasteiger partial charge < -0.3 is 10.6 Å². The molecular weight excluding hydrogens is 327 g/mol. The summed E-state index contributed by atoms with van der Waals surface area (Å²) >= 11 is 13.7. The zero-order chi connectivity index (χ0) is 14.6. The molecule has 0 spiro atoms. The molecule has 0 unspecified atom stereocenters. The molecule has 21 heavy (non-hydrogen) atoms. The van der Waals surface area contributed by atoms with Crippen molar-refractivity contribution in [1.29, 1.82) is 0 Å². The largest absolute Gasteiger partial charge is 0.399 e. The minimum absolute atomic E-state index is 0.536. The molecule has 0 atom stereocenters. The van der Waals surface area contributed by atoms with E-state index in [0.717, 1.165) is 41.7 Å². The first-order valence-corrected chi connectivity index (χ1v) is 7.84. The Kier molecular flexibility index (Phi) is 2.96. The fourth-order valence-electron chi connectivity index (χ4n) is 2.74. The molecular formula is C14H10Cl2N4S. The lowest BCUT2D eigenvalue weighted by Crippen LogP contribution is -2.15. The predicted molar refractivity (Wildman–Crippen MR) is 88.2 cm³/mol. The fourth-order valence-corrected chi connectivity index (χ4v) is 3.96. The molecule has 2 N–H and O–H groups in total. The molecule has 2 aromatic carbocycles. The quantitative estimate of drug-likeness (QED) is 0.679. The SMILES string of the molecule is Nc1ccc2c(c1)CN(c1c(Cl)cc(Cl)c3nsnc13)C2.